The van der Waals surface area contributed by atoms with E-state index in [1.165, 1.54) is 70.6 Å². The molecule has 0 aromatic carbocycles. The van der Waals surface area contributed by atoms with E-state index in [0.717, 1.165) is 36.1 Å². The molecule has 0 spiro atoms. The van der Waals surface area contributed by atoms with Crippen molar-refractivity contribution in [2.75, 3.05) is 6.54 Å². The van der Waals surface area contributed by atoms with Gasteiger partial charge in [0.15, 0.2) is 0 Å². The van der Waals surface area contributed by atoms with Crippen molar-refractivity contribution < 1.29 is 0 Å². The van der Waals surface area contributed by atoms with Gasteiger partial charge in [-0.15, -0.1) is 0 Å². The molecule has 4 aliphatic rings. The molecule has 0 radical (unpaired) electrons. The molecule has 1 heteroatoms. The second-order valence-corrected chi connectivity index (χ2v) is 11.5. The minimum Gasteiger partial charge on any atom is -0.306 e. The van der Waals surface area contributed by atoms with Gasteiger partial charge in [-0.1, -0.05) is 65.5 Å². The molecular weight excluding hydrogens is 338 g/mol. The van der Waals surface area contributed by atoms with Crippen LogP contribution in [-0.2, 0) is 0 Å². The first-order valence-electron chi connectivity index (χ1n) is 12.9. The Kier molecular flexibility index (Phi) is 6.05. The molecular formula is C27H47N. The molecule has 0 bridgehead atoms. The molecule has 0 amide bonds. The average molecular weight is 386 g/mol. The topological polar surface area (TPSA) is 12.0 Å². The van der Waals surface area contributed by atoms with Gasteiger partial charge in [0.05, 0.1) is 0 Å². The van der Waals surface area contributed by atoms with Crippen molar-refractivity contribution in [2.24, 2.45) is 40.4 Å². The summed E-state index contributed by atoms with van der Waals surface area (Å²) in [5.74, 6) is 4.88. The minimum atomic E-state index is 0.586. The summed E-state index contributed by atoms with van der Waals surface area (Å²) < 4.78 is 0. The number of nitrogens with one attached hydrogen (secondary N) is 1. The molecule has 1 nitrogen and oxygen atoms in total. The quantitative estimate of drug-likeness (QED) is 0.471. The summed E-state index contributed by atoms with van der Waals surface area (Å²) in [6.07, 6.45) is 18.5. The van der Waals surface area contributed by atoms with E-state index >= 15 is 0 Å². The van der Waals surface area contributed by atoms with E-state index in [-0.39, 0.29) is 0 Å². The van der Waals surface area contributed by atoms with Gasteiger partial charge >= 0.3 is 0 Å². The molecule has 4 rings (SSSR count). The van der Waals surface area contributed by atoms with E-state index in [2.05, 4.69) is 46.0 Å². The van der Waals surface area contributed by atoms with E-state index in [0.29, 0.717) is 16.9 Å². The van der Waals surface area contributed by atoms with Gasteiger partial charge in [-0.05, 0) is 91.8 Å². The molecule has 3 aliphatic carbocycles. The van der Waals surface area contributed by atoms with Crippen LogP contribution in [0.4, 0.5) is 0 Å². The van der Waals surface area contributed by atoms with Crippen LogP contribution < -0.4 is 5.32 Å². The van der Waals surface area contributed by atoms with Crippen molar-refractivity contribution >= 4 is 0 Å². The van der Waals surface area contributed by atoms with Gasteiger partial charge in [0.2, 0.25) is 0 Å². The predicted molar refractivity (Wildman–Crippen MR) is 121 cm³/mol. The number of hydrogen-bond donors (Lipinski definition) is 1. The van der Waals surface area contributed by atoms with Crippen LogP contribution in [-0.4, -0.2) is 12.6 Å². The highest BCUT2D eigenvalue weighted by molar-refractivity contribution is 5.20. The van der Waals surface area contributed by atoms with E-state index in [4.69, 9.17) is 0 Å². The first-order valence-corrected chi connectivity index (χ1v) is 12.9. The Labute approximate surface area is 175 Å². The second kappa shape index (κ2) is 8.09. The van der Waals surface area contributed by atoms with Gasteiger partial charge in [0.1, 0.15) is 0 Å². The first kappa shape index (κ1) is 21.0. The Bertz CT molecular complexity index is 579. The maximum Gasteiger partial charge on any atom is 0.0289 e. The standard InChI is InChI=1S/C27H47N/c1-6-9-19-17-25(28-18-19)24-13-12-22-21-11-10-20(8-3)26(4,15-7-2)23(21)14-16-27(22,24)5/h17,20-25,28H,6-16,18H2,1-5H3. The van der Waals surface area contributed by atoms with Gasteiger partial charge in [-0.2, -0.15) is 0 Å². The molecule has 8 unspecified atom stereocenters. The monoisotopic (exact) mass is 385 g/mol. The van der Waals surface area contributed by atoms with Crippen molar-refractivity contribution in [3.8, 4) is 0 Å². The van der Waals surface area contributed by atoms with Crippen LogP contribution in [0.2, 0.25) is 0 Å². The van der Waals surface area contributed by atoms with Gasteiger partial charge in [0, 0.05) is 12.6 Å². The lowest BCUT2D eigenvalue weighted by Crippen LogP contribution is -2.53. The number of fused-ring (bicyclic) bond motifs is 3. The lowest BCUT2D eigenvalue weighted by Gasteiger charge is -2.59. The maximum absolute atomic E-state index is 3.92. The van der Waals surface area contributed by atoms with Crippen molar-refractivity contribution in [1.29, 1.82) is 0 Å². The summed E-state index contributed by atoms with van der Waals surface area (Å²) in [5, 5.41) is 3.92. The molecule has 3 saturated carbocycles. The van der Waals surface area contributed by atoms with E-state index in [1.54, 1.807) is 5.57 Å². The Morgan fingerprint density at radius 1 is 0.929 bits per heavy atom. The Morgan fingerprint density at radius 3 is 2.43 bits per heavy atom. The highest BCUT2D eigenvalue weighted by Gasteiger charge is 2.59. The Balaban J connectivity index is 1.55. The highest BCUT2D eigenvalue weighted by Crippen LogP contribution is 2.67. The molecule has 1 N–H and O–H groups in total. The zero-order chi connectivity index (χ0) is 19.9. The zero-order valence-electron chi connectivity index (χ0n) is 19.5. The third kappa shape index (κ3) is 3.23. The average Bonchev–Trinajstić information content (AvgIpc) is 3.26. The lowest BCUT2D eigenvalue weighted by molar-refractivity contribution is -0.101. The summed E-state index contributed by atoms with van der Waals surface area (Å²) in [5.41, 5.74) is 2.89. The molecule has 1 heterocycles. The van der Waals surface area contributed by atoms with Gasteiger partial charge in [0.25, 0.3) is 0 Å². The van der Waals surface area contributed by atoms with Crippen LogP contribution in [0.25, 0.3) is 0 Å². The third-order valence-corrected chi connectivity index (χ3v) is 10.4. The Hall–Kier alpha value is -0.300. The third-order valence-electron chi connectivity index (χ3n) is 10.4. The van der Waals surface area contributed by atoms with Crippen molar-refractivity contribution in [3.63, 3.8) is 0 Å². The summed E-state index contributed by atoms with van der Waals surface area (Å²) in [6, 6.07) is 0.669. The highest BCUT2D eigenvalue weighted by atomic mass is 14.9. The Morgan fingerprint density at radius 2 is 1.71 bits per heavy atom. The predicted octanol–water partition coefficient (Wildman–Crippen LogP) is 7.37. The zero-order valence-corrected chi connectivity index (χ0v) is 19.5. The maximum atomic E-state index is 3.92. The molecule has 0 aromatic rings. The van der Waals surface area contributed by atoms with Gasteiger partial charge in [-0.25, -0.2) is 0 Å². The summed E-state index contributed by atoms with van der Waals surface area (Å²) in [6.45, 7) is 13.8. The fourth-order valence-corrected chi connectivity index (χ4v) is 9.14. The molecule has 3 fully saturated rings. The smallest absolute Gasteiger partial charge is 0.0289 e. The van der Waals surface area contributed by atoms with Crippen molar-refractivity contribution in [2.45, 2.75) is 111 Å². The minimum absolute atomic E-state index is 0.586. The summed E-state index contributed by atoms with van der Waals surface area (Å²) in [7, 11) is 0. The van der Waals surface area contributed by atoms with Crippen LogP contribution in [0.3, 0.4) is 0 Å². The van der Waals surface area contributed by atoms with E-state index < -0.39 is 0 Å². The fourth-order valence-electron chi connectivity index (χ4n) is 9.14. The molecule has 160 valence electrons. The van der Waals surface area contributed by atoms with Crippen LogP contribution in [0.15, 0.2) is 11.6 Å². The summed E-state index contributed by atoms with van der Waals surface area (Å²) in [4.78, 5) is 0. The number of hydrogen-bond acceptors (Lipinski definition) is 1. The molecule has 8 atom stereocenters. The van der Waals surface area contributed by atoms with Crippen LogP contribution in [0, 0.1) is 40.4 Å². The van der Waals surface area contributed by atoms with E-state index in [9.17, 15) is 0 Å². The van der Waals surface area contributed by atoms with Crippen LogP contribution >= 0.6 is 0 Å². The van der Waals surface area contributed by atoms with Crippen molar-refractivity contribution in [3.05, 3.63) is 11.6 Å². The SMILES string of the molecule is CCCC1=CC(C2CCC3C4CCC(CC)C(C)(CCC)C4CCC23C)NC1. The molecule has 28 heavy (non-hydrogen) atoms. The lowest BCUT2D eigenvalue weighted by atomic mass is 9.46. The molecule has 0 aromatic heterocycles. The normalized spacial score (nSPS) is 48.2. The molecule has 1 aliphatic heterocycles. The van der Waals surface area contributed by atoms with E-state index in [1.807, 2.05) is 0 Å². The fraction of sp³-hybridized carbons (Fsp3) is 0.926. The largest absolute Gasteiger partial charge is 0.306 e. The molecule has 0 saturated heterocycles. The summed E-state index contributed by atoms with van der Waals surface area (Å²) >= 11 is 0. The van der Waals surface area contributed by atoms with Gasteiger partial charge < -0.3 is 5.32 Å². The second-order valence-electron chi connectivity index (χ2n) is 11.5. The van der Waals surface area contributed by atoms with Crippen LogP contribution in [0.5, 0.6) is 0 Å². The van der Waals surface area contributed by atoms with Gasteiger partial charge in [-0.3, -0.25) is 0 Å². The van der Waals surface area contributed by atoms with Crippen molar-refractivity contribution in [1.82, 2.24) is 5.32 Å². The van der Waals surface area contributed by atoms with Crippen LogP contribution in [0.1, 0.15) is 105 Å². The number of rotatable bonds is 6. The first-order chi connectivity index (χ1) is 13.5.